The van der Waals surface area contributed by atoms with Gasteiger partial charge in [0.2, 0.25) is 5.88 Å². The van der Waals surface area contributed by atoms with Gasteiger partial charge >= 0.3 is 12.3 Å². The fraction of sp³-hybridized carbons (Fsp3) is 0.100. The van der Waals surface area contributed by atoms with Gasteiger partial charge in [-0.05, 0) is 30.3 Å². The van der Waals surface area contributed by atoms with Gasteiger partial charge in [-0.25, -0.2) is 9.78 Å². The van der Waals surface area contributed by atoms with E-state index in [2.05, 4.69) is 4.98 Å². The Balaban J connectivity index is 1.68. The summed E-state index contributed by atoms with van der Waals surface area (Å²) in [5.41, 5.74) is -0.208. The third kappa shape index (κ3) is 4.79. The maximum Gasteiger partial charge on any atom is 0.419 e. The highest BCUT2D eigenvalue weighted by Crippen LogP contribution is 2.30. The molecule has 3 aromatic rings. The Hall–Kier alpha value is -3.55. The summed E-state index contributed by atoms with van der Waals surface area (Å²) in [6.07, 6.45) is -4.38. The van der Waals surface area contributed by atoms with E-state index in [1.807, 2.05) is 6.07 Å². The van der Waals surface area contributed by atoms with Crippen LogP contribution in [0.3, 0.4) is 0 Å². The molecule has 0 aliphatic heterocycles. The van der Waals surface area contributed by atoms with E-state index in [-0.39, 0.29) is 17.4 Å². The second-order valence-electron chi connectivity index (χ2n) is 5.72. The number of aromatic nitrogens is 1. The lowest BCUT2D eigenvalue weighted by molar-refractivity contribution is -0.137. The van der Waals surface area contributed by atoms with Crippen molar-refractivity contribution in [2.75, 3.05) is 11.9 Å². The molecule has 1 amide bonds. The third-order valence-electron chi connectivity index (χ3n) is 3.71. The van der Waals surface area contributed by atoms with Gasteiger partial charge in [0, 0.05) is 31.1 Å². The summed E-state index contributed by atoms with van der Waals surface area (Å²) in [5.74, 6) is 0.468. The quantitative estimate of drug-likeness (QED) is 0.590. The number of benzene rings is 2. The van der Waals surface area contributed by atoms with E-state index >= 15 is 0 Å². The van der Waals surface area contributed by atoms with E-state index in [1.54, 1.807) is 49.5 Å². The Bertz CT molecular complexity index is 945. The van der Waals surface area contributed by atoms with Crippen LogP contribution in [-0.4, -0.2) is 18.1 Å². The van der Waals surface area contributed by atoms with Crippen LogP contribution in [-0.2, 0) is 6.18 Å². The molecule has 0 aliphatic rings. The zero-order valence-electron chi connectivity index (χ0n) is 14.7. The van der Waals surface area contributed by atoms with Crippen molar-refractivity contribution in [1.82, 2.24) is 4.98 Å². The lowest BCUT2D eigenvalue weighted by Gasteiger charge is -2.17. The van der Waals surface area contributed by atoms with Crippen LogP contribution in [0.25, 0.3) is 0 Å². The van der Waals surface area contributed by atoms with Crippen molar-refractivity contribution in [3.63, 3.8) is 0 Å². The Labute approximate surface area is 159 Å². The van der Waals surface area contributed by atoms with Crippen molar-refractivity contribution in [2.45, 2.75) is 6.18 Å². The van der Waals surface area contributed by atoms with E-state index in [9.17, 15) is 18.0 Å². The lowest BCUT2D eigenvalue weighted by atomic mass is 10.3. The molecule has 1 heterocycles. The number of hydrogen-bond donors (Lipinski definition) is 0. The Morgan fingerprint density at radius 1 is 0.964 bits per heavy atom. The van der Waals surface area contributed by atoms with Crippen molar-refractivity contribution in [3.8, 4) is 17.4 Å². The molecule has 0 atom stereocenters. The molecule has 0 aliphatic carbocycles. The summed E-state index contributed by atoms with van der Waals surface area (Å²) in [7, 11) is 1.57. The number of amides is 1. The average Bonchev–Trinajstić information content (AvgIpc) is 2.68. The number of para-hydroxylation sites is 1. The maximum atomic E-state index is 12.6. The third-order valence-corrected chi connectivity index (χ3v) is 3.71. The molecule has 144 valence electrons. The molecule has 0 spiro atoms. The number of nitrogens with zero attached hydrogens (tertiary/aromatic N) is 2. The minimum atomic E-state index is -4.47. The molecule has 0 saturated heterocycles. The van der Waals surface area contributed by atoms with E-state index in [1.165, 1.54) is 11.0 Å². The van der Waals surface area contributed by atoms with Crippen LogP contribution in [0.5, 0.6) is 17.4 Å². The lowest BCUT2D eigenvalue weighted by Crippen LogP contribution is -2.29. The molecule has 3 rings (SSSR count). The summed E-state index contributed by atoms with van der Waals surface area (Å²) >= 11 is 0. The zero-order chi connectivity index (χ0) is 20.1. The van der Waals surface area contributed by atoms with Gasteiger partial charge in [-0.1, -0.05) is 24.3 Å². The van der Waals surface area contributed by atoms with Gasteiger partial charge in [0.25, 0.3) is 0 Å². The van der Waals surface area contributed by atoms with Crippen molar-refractivity contribution in [3.05, 3.63) is 78.5 Å². The molecule has 0 saturated carbocycles. The summed E-state index contributed by atoms with van der Waals surface area (Å²) in [6, 6.07) is 17.1. The van der Waals surface area contributed by atoms with Crippen LogP contribution in [0, 0.1) is 0 Å². The van der Waals surface area contributed by atoms with Gasteiger partial charge in [-0.3, -0.25) is 4.90 Å². The van der Waals surface area contributed by atoms with Crippen molar-refractivity contribution < 1.29 is 27.4 Å². The predicted octanol–water partition coefficient (Wildman–Crippen LogP) is 5.53. The van der Waals surface area contributed by atoms with Gasteiger partial charge < -0.3 is 9.47 Å². The minimum Gasteiger partial charge on any atom is -0.439 e. The van der Waals surface area contributed by atoms with Gasteiger partial charge in [-0.2, -0.15) is 13.2 Å². The first kappa shape index (κ1) is 19.2. The standard InChI is InChI=1S/C20H15F3N2O3/c1-25(15-6-3-2-4-7-15)19(26)28-17-9-5-8-16(12-17)27-18-11-10-14(13-24-18)20(21,22)23/h2-13H,1H3. The topological polar surface area (TPSA) is 51.7 Å². The molecule has 2 aromatic carbocycles. The first-order valence-corrected chi connectivity index (χ1v) is 8.15. The number of anilines is 1. The number of hydrogen-bond acceptors (Lipinski definition) is 4. The SMILES string of the molecule is CN(C(=O)Oc1cccc(Oc2ccc(C(F)(F)F)cn2)c1)c1ccccc1. The molecule has 0 radical (unpaired) electrons. The number of carbonyl (C=O) groups is 1. The molecule has 0 N–H and O–H groups in total. The molecule has 8 heteroatoms. The highest BCUT2D eigenvalue weighted by molar-refractivity contribution is 5.88. The molecule has 0 bridgehead atoms. The predicted molar refractivity (Wildman–Crippen MR) is 96.6 cm³/mol. The van der Waals surface area contributed by atoms with E-state index in [4.69, 9.17) is 9.47 Å². The fourth-order valence-corrected chi connectivity index (χ4v) is 2.26. The maximum absolute atomic E-state index is 12.6. The van der Waals surface area contributed by atoms with Crippen LogP contribution in [0.2, 0.25) is 0 Å². The first-order valence-electron chi connectivity index (χ1n) is 8.15. The summed E-state index contributed by atoms with van der Waals surface area (Å²) in [6.45, 7) is 0. The summed E-state index contributed by atoms with van der Waals surface area (Å²) in [4.78, 5) is 17.2. The molecule has 0 fully saturated rings. The number of ether oxygens (including phenoxy) is 2. The summed E-state index contributed by atoms with van der Waals surface area (Å²) < 4.78 is 48.5. The monoisotopic (exact) mass is 388 g/mol. The number of halogens is 3. The highest BCUT2D eigenvalue weighted by atomic mass is 19.4. The average molecular weight is 388 g/mol. The molecular formula is C20H15F3N2O3. The number of pyridine rings is 1. The molecule has 28 heavy (non-hydrogen) atoms. The zero-order valence-corrected chi connectivity index (χ0v) is 14.7. The van der Waals surface area contributed by atoms with Crippen molar-refractivity contribution in [1.29, 1.82) is 0 Å². The van der Waals surface area contributed by atoms with E-state index in [0.29, 0.717) is 11.9 Å². The Kier molecular flexibility index (Phi) is 5.49. The normalized spacial score (nSPS) is 11.0. The number of rotatable bonds is 4. The fourth-order valence-electron chi connectivity index (χ4n) is 2.26. The van der Waals surface area contributed by atoms with Gasteiger partial charge in [0.05, 0.1) is 5.56 Å². The Morgan fingerprint density at radius 3 is 2.32 bits per heavy atom. The van der Waals surface area contributed by atoms with Gasteiger partial charge in [0.1, 0.15) is 11.5 Å². The Morgan fingerprint density at radius 2 is 1.68 bits per heavy atom. The van der Waals surface area contributed by atoms with E-state index < -0.39 is 17.8 Å². The molecule has 1 aromatic heterocycles. The van der Waals surface area contributed by atoms with Crippen molar-refractivity contribution >= 4 is 11.8 Å². The van der Waals surface area contributed by atoms with Crippen LogP contribution in [0.15, 0.2) is 72.9 Å². The molecule has 5 nitrogen and oxygen atoms in total. The van der Waals surface area contributed by atoms with Crippen LogP contribution >= 0.6 is 0 Å². The largest absolute Gasteiger partial charge is 0.439 e. The van der Waals surface area contributed by atoms with Crippen LogP contribution < -0.4 is 14.4 Å². The minimum absolute atomic E-state index is 0.0159. The van der Waals surface area contributed by atoms with Gasteiger partial charge in [0.15, 0.2) is 0 Å². The highest BCUT2D eigenvalue weighted by Gasteiger charge is 2.30. The number of alkyl halides is 3. The van der Waals surface area contributed by atoms with Crippen LogP contribution in [0.4, 0.5) is 23.7 Å². The second kappa shape index (κ2) is 7.99. The van der Waals surface area contributed by atoms with Crippen LogP contribution in [0.1, 0.15) is 5.56 Å². The molecular weight excluding hydrogens is 373 g/mol. The number of carbonyl (C=O) groups excluding carboxylic acids is 1. The molecule has 0 unspecified atom stereocenters. The first-order chi connectivity index (χ1) is 13.3. The smallest absolute Gasteiger partial charge is 0.419 e. The second-order valence-corrected chi connectivity index (χ2v) is 5.72. The van der Waals surface area contributed by atoms with Crippen molar-refractivity contribution in [2.24, 2.45) is 0 Å². The summed E-state index contributed by atoms with van der Waals surface area (Å²) in [5, 5.41) is 0. The van der Waals surface area contributed by atoms with E-state index in [0.717, 1.165) is 12.1 Å². The van der Waals surface area contributed by atoms with Gasteiger partial charge in [-0.15, -0.1) is 0 Å².